The Morgan fingerprint density at radius 2 is 1.67 bits per heavy atom. The molecule has 5 fully saturated rings. The van der Waals surface area contributed by atoms with Crippen molar-refractivity contribution in [3.05, 3.63) is 35.4 Å². The van der Waals surface area contributed by atoms with E-state index in [4.69, 9.17) is 0 Å². The van der Waals surface area contributed by atoms with Crippen molar-refractivity contribution in [2.45, 2.75) is 69.7 Å². The summed E-state index contributed by atoms with van der Waals surface area (Å²) in [5, 5.41) is 6.88. The standard InChI is InChI=1S/C23H32N2O.ClH/c1-16-2-4-19(5-3-16)22-11-17-10-18(12-22)14-23(13-17,15-22)21(26)25-20-6-8-24-9-7-20;/h2-5,17-18,20,24H,6-15H2,1H3,(H,25,26);1H. The molecule has 4 heteroatoms. The van der Waals surface area contributed by atoms with Crippen LogP contribution in [0.2, 0.25) is 0 Å². The summed E-state index contributed by atoms with van der Waals surface area (Å²) < 4.78 is 0. The molecule has 3 nitrogen and oxygen atoms in total. The number of halogens is 1. The van der Waals surface area contributed by atoms with Gasteiger partial charge < -0.3 is 10.6 Å². The zero-order chi connectivity index (χ0) is 17.8. The molecule has 6 rings (SSSR count). The minimum atomic E-state index is -0.0974. The zero-order valence-electron chi connectivity index (χ0n) is 16.4. The van der Waals surface area contributed by atoms with Gasteiger partial charge in [-0.25, -0.2) is 0 Å². The topological polar surface area (TPSA) is 41.1 Å². The maximum Gasteiger partial charge on any atom is 0.226 e. The van der Waals surface area contributed by atoms with E-state index in [-0.39, 0.29) is 23.2 Å². The summed E-state index contributed by atoms with van der Waals surface area (Å²) in [5.41, 5.74) is 2.98. The quantitative estimate of drug-likeness (QED) is 0.817. The van der Waals surface area contributed by atoms with E-state index < -0.39 is 0 Å². The van der Waals surface area contributed by atoms with Crippen molar-refractivity contribution in [1.29, 1.82) is 0 Å². The van der Waals surface area contributed by atoms with Crippen LogP contribution in [0.4, 0.5) is 0 Å². The lowest BCUT2D eigenvalue weighted by Gasteiger charge is -2.61. The van der Waals surface area contributed by atoms with Gasteiger partial charge >= 0.3 is 0 Å². The molecule has 27 heavy (non-hydrogen) atoms. The van der Waals surface area contributed by atoms with Gasteiger partial charge in [0.1, 0.15) is 0 Å². The Kier molecular flexibility index (Phi) is 5.05. The highest BCUT2D eigenvalue weighted by Crippen LogP contribution is 2.65. The highest BCUT2D eigenvalue weighted by molar-refractivity contribution is 5.85. The highest BCUT2D eigenvalue weighted by atomic mass is 35.5. The van der Waals surface area contributed by atoms with Crippen molar-refractivity contribution in [2.24, 2.45) is 17.3 Å². The molecule has 2 N–H and O–H groups in total. The largest absolute Gasteiger partial charge is 0.353 e. The minimum absolute atomic E-state index is 0. The Hall–Kier alpha value is -1.06. The van der Waals surface area contributed by atoms with Gasteiger partial charge in [-0.15, -0.1) is 12.4 Å². The molecule has 1 aromatic carbocycles. The first-order valence-corrected chi connectivity index (χ1v) is 10.7. The molecule has 1 aliphatic heterocycles. The second-order valence-electron chi connectivity index (χ2n) is 9.89. The molecule has 1 heterocycles. The zero-order valence-corrected chi connectivity index (χ0v) is 17.2. The van der Waals surface area contributed by atoms with E-state index in [0.717, 1.165) is 57.0 Å². The second-order valence-corrected chi connectivity index (χ2v) is 9.89. The predicted octanol–water partition coefficient (Wildman–Crippen LogP) is 4.12. The van der Waals surface area contributed by atoms with Crippen molar-refractivity contribution in [3.63, 3.8) is 0 Å². The van der Waals surface area contributed by atoms with Crippen molar-refractivity contribution in [3.8, 4) is 0 Å². The number of aryl methyl sites for hydroxylation is 1. The molecule has 0 spiro atoms. The van der Waals surface area contributed by atoms with Crippen LogP contribution >= 0.6 is 12.4 Å². The number of carbonyl (C=O) groups excluding carboxylic acids is 1. The molecule has 2 unspecified atom stereocenters. The van der Waals surface area contributed by atoms with Crippen LogP contribution in [0.5, 0.6) is 0 Å². The first-order chi connectivity index (χ1) is 12.6. The Morgan fingerprint density at radius 1 is 1.04 bits per heavy atom. The monoisotopic (exact) mass is 388 g/mol. The van der Waals surface area contributed by atoms with Crippen molar-refractivity contribution in [1.82, 2.24) is 10.6 Å². The van der Waals surface area contributed by atoms with Gasteiger partial charge in [0.2, 0.25) is 5.91 Å². The van der Waals surface area contributed by atoms with Gasteiger partial charge in [-0.1, -0.05) is 29.8 Å². The van der Waals surface area contributed by atoms with Crippen LogP contribution in [0.3, 0.4) is 0 Å². The first kappa shape index (κ1) is 19.3. The van der Waals surface area contributed by atoms with Gasteiger partial charge in [0.25, 0.3) is 0 Å². The smallest absolute Gasteiger partial charge is 0.226 e. The van der Waals surface area contributed by atoms with E-state index in [1.54, 1.807) is 0 Å². The van der Waals surface area contributed by atoms with E-state index in [0.29, 0.717) is 11.9 Å². The molecule has 5 aliphatic rings. The number of piperidine rings is 1. The lowest BCUT2D eigenvalue weighted by Crippen LogP contribution is -2.60. The van der Waals surface area contributed by atoms with Gasteiger partial charge in [0.05, 0.1) is 5.41 Å². The molecule has 4 saturated carbocycles. The Labute approximate surface area is 169 Å². The number of amides is 1. The van der Waals surface area contributed by atoms with E-state index >= 15 is 0 Å². The fraction of sp³-hybridized carbons (Fsp3) is 0.696. The van der Waals surface area contributed by atoms with Crippen molar-refractivity contribution < 1.29 is 4.79 Å². The number of carbonyl (C=O) groups is 1. The van der Waals surface area contributed by atoms with Crippen LogP contribution in [0.1, 0.15) is 62.5 Å². The molecule has 1 amide bonds. The molecule has 4 bridgehead atoms. The van der Waals surface area contributed by atoms with E-state index in [1.165, 1.54) is 30.4 Å². The van der Waals surface area contributed by atoms with Crippen LogP contribution in [-0.4, -0.2) is 25.0 Å². The van der Waals surface area contributed by atoms with Gasteiger partial charge in [-0.3, -0.25) is 4.79 Å². The summed E-state index contributed by atoms with van der Waals surface area (Å²) in [6.45, 7) is 4.24. The molecular weight excluding hydrogens is 356 g/mol. The molecule has 1 saturated heterocycles. The summed E-state index contributed by atoms with van der Waals surface area (Å²) in [4.78, 5) is 13.5. The highest BCUT2D eigenvalue weighted by Gasteiger charge is 2.61. The third kappa shape index (κ3) is 3.31. The van der Waals surface area contributed by atoms with E-state index in [2.05, 4.69) is 41.8 Å². The van der Waals surface area contributed by atoms with Gasteiger partial charge in [-0.2, -0.15) is 0 Å². The summed E-state index contributed by atoms with van der Waals surface area (Å²) in [6, 6.07) is 9.60. The predicted molar refractivity (Wildman–Crippen MR) is 111 cm³/mol. The second kappa shape index (κ2) is 7.08. The SMILES string of the molecule is Cc1ccc(C23CC4CC(CC(C(=O)NC5CCNCC5)(C4)C2)C3)cc1.Cl. The fourth-order valence-electron chi connectivity index (χ4n) is 7.08. The first-order valence-electron chi connectivity index (χ1n) is 10.7. The number of hydrogen-bond acceptors (Lipinski definition) is 2. The molecule has 0 aromatic heterocycles. The van der Waals surface area contributed by atoms with Crippen LogP contribution in [0.25, 0.3) is 0 Å². The average Bonchev–Trinajstić information content (AvgIpc) is 2.62. The lowest BCUT2D eigenvalue weighted by atomic mass is 9.42. The maximum atomic E-state index is 13.5. The van der Waals surface area contributed by atoms with Gasteiger partial charge in [-0.05, 0) is 94.2 Å². The normalized spacial score (nSPS) is 37.7. The summed E-state index contributed by atoms with van der Waals surface area (Å²) in [6.07, 6.45) is 9.46. The van der Waals surface area contributed by atoms with Crippen molar-refractivity contribution >= 4 is 18.3 Å². The molecule has 0 radical (unpaired) electrons. The minimum Gasteiger partial charge on any atom is -0.353 e. The van der Waals surface area contributed by atoms with Gasteiger partial charge in [0.15, 0.2) is 0 Å². The molecule has 2 atom stereocenters. The third-order valence-electron chi connectivity index (χ3n) is 7.88. The van der Waals surface area contributed by atoms with Crippen molar-refractivity contribution in [2.75, 3.05) is 13.1 Å². The summed E-state index contributed by atoms with van der Waals surface area (Å²) >= 11 is 0. The Bertz CT molecular complexity index is 681. The molecule has 148 valence electrons. The number of hydrogen-bond donors (Lipinski definition) is 2. The van der Waals surface area contributed by atoms with Crippen LogP contribution in [-0.2, 0) is 10.2 Å². The number of nitrogens with one attached hydrogen (secondary N) is 2. The summed E-state index contributed by atoms with van der Waals surface area (Å²) in [7, 11) is 0. The maximum absolute atomic E-state index is 13.5. The fourth-order valence-corrected chi connectivity index (χ4v) is 7.08. The molecular formula is C23H33ClN2O. The molecule has 1 aromatic rings. The van der Waals surface area contributed by atoms with Crippen LogP contribution in [0, 0.1) is 24.2 Å². The number of rotatable bonds is 3. The Balaban J connectivity index is 0.00000180. The van der Waals surface area contributed by atoms with E-state index in [9.17, 15) is 4.79 Å². The van der Waals surface area contributed by atoms with Crippen LogP contribution in [0.15, 0.2) is 24.3 Å². The van der Waals surface area contributed by atoms with E-state index in [1.807, 2.05) is 0 Å². The third-order valence-corrected chi connectivity index (χ3v) is 7.88. The number of benzene rings is 1. The molecule has 4 aliphatic carbocycles. The lowest BCUT2D eigenvalue weighted by molar-refractivity contribution is -0.150. The summed E-state index contributed by atoms with van der Waals surface area (Å²) in [5.74, 6) is 1.88. The van der Waals surface area contributed by atoms with Crippen LogP contribution < -0.4 is 10.6 Å². The van der Waals surface area contributed by atoms with Gasteiger partial charge in [0, 0.05) is 6.04 Å². The average molecular weight is 389 g/mol. The Morgan fingerprint density at radius 3 is 2.30 bits per heavy atom.